The van der Waals surface area contributed by atoms with Crippen LogP contribution in [0, 0.1) is 5.92 Å². The lowest BCUT2D eigenvalue weighted by Crippen LogP contribution is -2.49. The van der Waals surface area contributed by atoms with Crippen LogP contribution in [0.1, 0.15) is 44.9 Å². The fourth-order valence-corrected chi connectivity index (χ4v) is 4.62. The Balaban J connectivity index is 1.49. The number of hydrogen-bond donors (Lipinski definition) is 0. The number of aryl methyl sites for hydroxylation is 1. The number of piperidine rings is 1. The van der Waals surface area contributed by atoms with Gasteiger partial charge in [0.2, 0.25) is 11.3 Å². The van der Waals surface area contributed by atoms with Crippen LogP contribution >= 0.6 is 0 Å². The van der Waals surface area contributed by atoms with Crippen molar-refractivity contribution in [3.8, 4) is 0 Å². The van der Waals surface area contributed by atoms with Crippen LogP contribution in [0.5, 0.6) is 0 Å². The molecular weight excluding hydrogens is 314 g/mol. The van der Waals surface area contributed by atoms with Crippen molar-refractivity contribution in [2.45, 2.75) is 57.5 Å². The number of fused-ring (bicyclic) bond motifs is 2. The lowest BCUT2D eigenvalue weighted by atomic mass is 9.78. The quantitative estimate of drug-likeness (QED) is 0.864. The lowest BCUT2D eigenvalue weighted by molar-refractivity contribution is -0.137. The lowest BCUT2D eigenvalue weighted by Gasteiger charge is -2.44. The minimum absolute atomic E-state index is 0.0701. The third-order valence-electron chi connectivity index (χ3n) is 5.86. The third-order valence-corrected chi connectivity index (χ3v) is 5.86. The topological polar surface area (TPSA) is 55.2 Å². The second-order valence-electron chi connectivity index (χ2n) is 7.34. The van der Waals surface area contributed by atoms with Gasteiger partial charge in [0, 0.05) is 24.4 Å². The second kappa shape index (κ2) is 6.98. The smallest absolute Gasteiger partial charge is 0.224 e. The molecule has 1 aromatic carbocycles. The summed E-state index contributed by atoms with van der Waals surface area (Å²) in [6, 6.07) is 7.92. The zero-order valence-corrected chi connectivity index (χ0v) is 14.6. The van der Waals surface area contributed by atoms with Gasteiger partial charge in [0.1, 0.15) is 0 Å². The average Bonchev–Trinajstić information content (AvgIpc) is 2.67. The van der Waals surface area contributed by atoms with E-state index in [1.807, 2.05) is 24.3 Å². The first kappa shape index (κ1) is 16.3. The van der Waals surface area contributed by atoms with Crippen molar-refractivity contribution in [2.75, 3.05) is 6.54 Å². The number of nitrogens with zero attached hydrogens (tertiary/aromatic N) is 3. The summed E-state index contributed by atoms with van der Waals surface area (Å²) in [5.74, 6) is 0.944. The van der Waals surface area contributed by atoms with E-state index in [9.17, 15) is 9.59 Å². The maximum atomic E-state index is 12.9. The summed E-state index contributed by atoms with van der Waals surface area (Å²) in [6.45, 7) is 1.42. The Morgan fingerprint density at radius 1 is 1.12 bits per heavy atom. The summed E-state index contributed by atoms with van der Waals surface area (Å²) >= 11 is 0. The highest BCUT2D eigenvalue weighted by Gasteiger charge is 2.35. The van der Waals surface area contributed by atoms with Crippen molar-refractivity contribution in [3.63, 3.8) is 0 Å². The molecule has 0 N–H and O–H groups in total. The Bertz CT molecular complexity index is 827. The molecule has 1 aromatic heterocycles. The van der Waals surface area contributed by atoms with Crippen molar-refractivity contribution < 1.29 is 4.79 Å². The summed E-state index contributed by atoms with van der Waals surface area (Å²) in [5, 5.41) is 4.90. The molecule has 2 atom stereocenters. The Kier molecular flexibility index (Phi) is 4.55. The number of rotatable bonds is 3. The van der Waals surface area contributed by atoms with E-state index in [2.05, 4.69) is 10.00 Å². The second-order valence-corrected chi connectivity index (χ2v) is 7.34. The van der Waals surface area contributed by atoms with Gasteiger partial charge in [-0.1, -0.05) is 25.0 Å². The summed E-state index contributed by atoms with van der Waals surface area (Å²) in [7, 11) is 0. The Hall–Kier alpha value is -2.17. The molecule has 1 aliphatic heterocycles. The van der Waals surface area contributed by atoms with Gasteiger partial charge in [-0.25, -0.2) is 0 Å². The van der Waals surface area contributed by atoms with Gasteiger partial charge in [-0.2, -0.15) is 5.10 Å². The molecule has 2 fully saturated rings. The molecule has 1 aliphatic carbocycles. The highest BCUT2D eigenvalue weighted by molar-refractivity contribution is 5.79. The van der Waals surface area contributed by atoms with E-state index in [-0.39, 0.29) is 11.3 Å². The molecule has 132 valence electrons. The molecule has 5 nitrogen and oxygen atoms in total. The van der Waals surface area contributed by atoms with Gasteiger partial charge in [0.05, 0.1) is 18.3 Å². The van der Waals surface area contributed by atoms with Crippen molar-refractivity contribution in [1.82, 2.24) is 14.7 Å². The number of carbonyl (C=O) groups is 1. The molecule has 1 saturated carbocycles. The Morgan fingerprint density at radius 3 is 2.84 bits per heavy atom. The van der Waals surface area contributed by atoms with E-state index >= 15 is 0 Å². The molecule has 2 aromatic rings. The monoisotopic (exact) mass is 339 g/mol. The van der Waals surface area contributed by atoms with Crippen molar-refractivity contribution in [2.24, 2.45) is 5.92 Å². The molecule has 1 saturated heterocycles. The first-order chi connectivity index (χ1) is 12.2. The first-order valence-corrected chi connectivity index (χ1v) is 9.48. The predicted octanol–water partition coefficient (Wildman–Crippen LogP) is 2.97. The summed E-state index contributed by atoms with van der Waals surface area (Å²) in [5.41, 5.74) is 0.733. The van der Waals surface area contributed by atoms with Crippen LogP contribution in [0.3, 0.4) is 0 Å². The average molecular weight is 339 g/mol. The number of para-hydroxylation sites is 1. The summed E-state index contributed by atoms with van der Waals surface area (Å²) in [4.78, 5) is 26.9. The standard InChI is InChI=1S/C20H25N3O2/c24-19-14-21-23(18-10-4-2-8-16(18)19)13-11-20(25)22-12-5-7-15-6-1-3-9-17(15)22/h2,4,8,10,14-15,17H,1,3,5-7,9,11-13H2/t15-,17+/m1/s1. The zero-order valence-electron chi connectivity index (χ0n) is 14.6. The maximum absolute atomic E-state index is 12.9. The SMILES string of the molecule is O=C(CCn1ncc(=O)c2ccccc21)N1CCC[C@H]2CCCC[C@@H]21. The fourth-order valence-electron chi connectivity index (χ4n) is 4.62. The van der Waals surface area contributed by atoms with Crippen LogP contribution in [-0.4, -0.2) is 33.2 Å². The first-order valence-electron chi connectivity index (χ1n) is 9.48. The van der Waals surface area contributed by atoms with E-state index in [1.54, 1.807) is 4.68 Å². The molecule has 0 bridgehead atoms. The fraction of sp³-hybridized carbons (Fsp3) is 0.550. The van der Waals surface area contributed by atoms with Crippen molar-refractivity contribution >= 4 is 16.8 Å². The molecule has 0 spiro atoms. The van der Waals surface area contributed by atoms with Crippen molar-refractivity contribution in [3.05, 3.63) is 40.7 Å². The predicted molar refractivity (Wildman–Crippen MR) is 97.3 cm³/mol. The van der Waals surface area contributed by atoms with Crippen LogP contribution in [0.25, 0.3) is 10.9 Å². The van der Waals surface area contributed by atoms with Gasteiger partial charge >= 0.3 is 0 Å². The van der Waals surface area contributed by atoms with Crippen molar-refractivity contribution in [1.29, 1.82) is 0 Å². The van der Waals surface area contributed by atoms with Crippen LogP contribution < -0.4 is 5.43 Å². The molecule has 0 unspecified atom stereocenters. The van der Waals surface area contributed by atoms with Gasteiger partial charge in [0.15, 0.2) is 0 Å². The largest absolute Gasteiger partial charge is 0.339 e. The van der Waals surface area contributed by atoms with E-state index in [0.717, 1.165) is 24.9 Å². The van der Waals surface area contributed by atoms with Gasteiger partial charge < -0.3 is 4.90 Å². The number of amides is 1. The molecule has 4 rings (SSSR count). The third kappa shape index (κ3) is 3.20. The Labute approximate surface area is 147 Å². The molecule has 2 heterocycles. The highest BCUT2D eigenvalue weighted by Crippen LogP contribution is 2.35. The van der Waals surface area contributed by atoms with Crippen LogP contribution in [0.15, 0.2) is 35.3 Å². The molecule has 0 radical (unpaired) electrons. The van der Waals surface area contributed by atoms with Crippen LogP contribution in [-0.2, 0) is 11.3 Å². The minimum atomic E-state index is -0.0701. The van der Waals surface area contributed by atoms with E-state index in [1.165, 1.54) is 31.9 Å². The van der Waals surface area contributed by atoms with E-state index < -0.39 is 0 Å². The highest BCUT2D eigenvalue weighted by atomic mass is 16.2. The number of hydrogen-bond acceptors (Lipinski definition) is 3. The molecule has 2 aliphatic rings. The number of likely N-dealkylation sites (tertiary alicyclic amines) is 1. The van der Waals surface area contributed by atoms with E-state index in [0.29, 0.717) is 30.3 Å². The Morgan fingerprint density at radius 2 is 1.92 bits per heavy atom. The minimum Gasteiger partial charge on any atom is -0.339 e. The van der Waals surface area contributed by atoms with Gasteiger partial charge in [-0.3, -0.25) is 14.3 Å². The molecule has 1 amide bonds. The van der Waals surface area contributed by atoms with Crippen LogP contribution in [0.4, 0.5) is 0 Å². The molecule has 25 heavy (non-hydrogen) atoms. The van der Waals surface area contributed by atoms with E-state index in [4.69, 9.17) is 0 Å². The maximum Gasteiger partial charge on any atom is 0.224 e. The summed E-state index contributed by atoms with van der Waals surface area (Å²) < 4.78 is 1.79. The molecule has 5 heteroatoms. The van der Waals surface area contributed by atoms with Crippen LogP contribution in [0.2, 0.25) is 0 Å². The molecular formula is C20H25N3O2. The summed E-state index contributed by atoms with van der Waals surface area (Å²) in [6.07, 6.45) is 9.21. The number of aromatic nitrogens is 2. The van der Waals surface area contributed by atoms with Gasteiger partial charge in [0.25, 0.3) is 0 Å². The number of carbonyl (C=O) groups excluding carboxylic acids is 1. The van der Waals surface area contributed by atoms with Gasteiger partial charge in [-0.15, -0.1) is 0 Å². The normalized spacial score (nSPS) is 23.4. The zero-order chi connectivity index (χ0) is 17.2. The number of benzene rings is 1. The van der Waals surface area contributed by atoms with Gasteiger partial charge in [-0.05, 0) is 43.7 Å².